The van der Waals surface area contributed by atoms with Gasteiger partial charge in [-0.25, -0.2) is 4.39 Å². The molecule has 0 aromatic heterocycles. The molecule has 0 saturated heterocycles. The Hall–Kier alpha value is -1.38. The number of benzene rings is 1. The first kappa shape index (κ1) is 10.7. The minimum atomic E-state index is -1.01. The highest BCUT2D eigenvalue weighted by atomic mass is 19.1. The predicted octanol–water partition coefficient (Wildman–Crippen LogP) is 2.91. The van der Waals surface area contributed by atoms with Gasteiger partial charge in [-0.1, -0.05) is 24.3 Å². The molecule has 0 radical (unpaired) electrons. The molecule has 0 bridgehead atoms. The number of aliphatic carboxylic acids is 1. The second kappa shape index (κ2) is 4.22. The SMILES string of the molecule is CC(F)c1ccc([C@H](C)C(=O)O)cc1. The predicted molar refractivity (Wildman–Crippen MR) is 52.0 cm³/mol. The van der Waals surface area contributed by atoms with Gasteiger partial charge in [0.05, 0.1) is 5.92 Å². The number of carboxylic acid groups (broad SMARTS) is 1. The lowest BCUT2D eigenvalue weighted by Crippen LogP contribution is -2.07. The van der Waals surface area contributed by atoms with Gasteiger partial charge in [0.25, 0.3) is 0 Å². The molecule has 1 unspecified atom stereocenters. The summed E-state index contributed by atoms with van der Waals surface area (Å²) in [6.45, 7) is 3.06. The summed E-state index contributed by atoms with van der Waals surface area (Å²) < 4.78 is 12.8. The first-order valence-electron chi connectivity index (χ1n) is 4.49. The number of rotatable bonds is 3. The normalized spacial score (nSPS) is 14.8. The smallest absolute Gasteiger partial charge is 0.310 e. The fourth-order valence-corrected chi connectivity index (χ4v) is 1.19. The third-order valence-electron chi connectivity index (χ3n) is 2.27. The molecule has 0 fully saturated rings. The minimum Gasteiger partial charge on any atom is -0.481 e. The average Bonchev–Trinajstić information content (AvgIpc) is 2.16. The standard InChI is InChI=1S/C11H13FO2/c1-7(11(13)14)9-3-5-10(6-4-9)8(2)12/h3-8H,1-2H3,(H,13,14)/t7-,8?/m0/s1. The van der Waals surface area contributed by atoms with E-state index >= 15 is 0 Å². The van der Waals surface area contributed by atoms with Gasteiger partial charge < -0.3 is 5.11 Å². The van der Waals surface area contributed by atoms with E-state index < -0.39 is 18.1 Å². The summed E-state index contributed by atoms with van der Waals surface area (Å²) in [4.78, 5) is 10.6. The Bertz CT molecular complexity index is 317. The highest BCUT2D eigenvalue weighted by Crippen LogP contribution is 2.20. The minimum absolute atomic E-state index is 0.543. The summed E-state index contributed by atoms with van der Waals surface area (Å²) in [7, 11) is 0. The summed E-state index contributed by atoms with van der Waals surface area (Å²) >= 11 is 0. The van der Waals surface area contributed by atoms with Crippen LogP contribution in [-0.4, -0.2) is 11.1 Å². The van der Waals surface area contributed by atoms with Gasteiger partial charge in [0.15, 0.2) is 0 Å². The Kier molecular flexibility index (Phi) is 3.23. The van der Waals surface area contributed by atoms with Crippen LogP contribution in [-0.2, 0) is 4.79 Å². The molecule has 1 rings (SSSR count). The quantitative estimate of drug-likeness (QED) is 0.807. The molecule has 1 N–H and O–H groups in total. The van der Waals surface area contributed by atoms with Gasteiger partial charge in [-0.15, -0.1) is 0 Å². The summed E-state index contributed by atoms with van der Waals surface area (Å²) in [5.41, 5.74) is 1.27. The van der Waals surface area contributed by atoms with Crippen LogP contribution >= 0.6 is 0 Å². The molecule has 14 heavy (non-hydrogen) atoms. The molecule has 2 atom stereocenters. The summed E-state index contributed by atoms with van der Waals surface area (Å²) in [6, 6.07) is 6.56. The van der Waals surface area contributed by atoms with Crippen molar-refractivity contribution in [2.24, 2.45) is 0 Å². The van der Waals surface area contributed by atoms with E-state index in [0.29, 0.717) is 11.1 Å². The monoisotopic (exact) mass is 196 g/mol. The van der Waals surface area contributed by atoms with E-state index in [0.717, 1.165) is 0 Å². The number of hydrogen-bond acceptors (Lipinski definition) is 1. The molecule has 0 amide bonds. The molecule has 1 aromatic rings. The lowest BCUT2D eigenvalue weighted by Gasteiger charge is -2.08. The lowest BCUT2D eigenvalue weighted by molar-refractivity contribution is -0.138. The van der Waals surface area contributed by atoms with Crippen molar-refractivity contribution in [1.82, 2.24) is 0 Å². The summed E-state index contributed by atoms with van der Waals surface area (Å²) in [5.74, 6) is -1.41. The van der Waals surface area contributed by atoms with Crippen LogP contribution < -0.4 is 0 Å². The Morgan fingerprint density at radius 3 is 2.00 bits per heavy atom. The molecule has 76 valence electrons. The van der Waals surface area contributed by atoms with Crippen molar-refractivity contribution in [1.29, 1.82) is 0 Å². The van der Waals surface area contributed by atoms with Gasteiger partial charge in [0.2, 0.25) is 0 Å². The van der Waals surface area contributed by atoms with Gasteiger partial charge in [0, 0.05) is 0 Å². The third-order valence-corrected chi connectivity index (χ3v) is 2.27. The van der Waals surface area contributed by atoms with Crippen molar-refractivity contribution >= 4 is 5.97 Å². The van der Waals surface area contributed by atoms with Crippen molar-refractivity contribution in [2.75, 3.05) is 0 Å². The van der Waals surface area contributed by atoms with Crippen LogP contribution in [0.3, 0.4) is 0 Å². The first-order chi connectivity index (χ1) is 6.52. The van der Waals surface area contributed by atoms with Crippen LogP contribution in [0.2, 0.25) is 0 Å². The number of carbonyl (C=O) groups is 1. The van der Waals surface area contributed by atoms with Crippen molar-refractivity contribution in [3.63, 3.8) is 0 Å². The zero-order valence-electron chi connectivity index (χ0n) is 8.20. The second-order valence-electron chi connectivity index (χ2n) is 3.34. The van der Waals surface area contributed by atoms with E-state index in [1.54, 1.807) is 31.2 Å². The van der Waals surface area contributed by atoms with Crippen LogP contribution in [0.25, 0.3) is 0 Å². The molecule has 0 saturated carbocycles. The Morgan fingerprint density at radius 2 is 1.64 bits per heavy atom. The largest absolute Gasteiger partial charge is 0.481 e. The molecular formula is C11H13FO2. The highest BCUT2D eigenvalue weighted by molar-refractivity contribution is 5.75. The molecular weight excluding hydrogens is 183 g/mol. The summed E-state index contributed by atoms with van der Waals surface area (Å²) in [5, 5.41) is 8.74. The number of hydrogen-bond donors (Lipinski definition) is 1. The van der Waals surface area contributed by atoms with Crippen molar-refractivity contribution in [3.05, 3.63) is 35.4 Å². The van der Waals surface area contributed by atoms with E-state index in [2.05, 4.69) is 0 Å². The molecule has 0 aliphatic heterocycles. The van der Waals surface area contributed by atoms with Crippen LogP contribution in [0.15, 0.2) is 24.3 Å². The number of carboxylic acids is 1. The van der Waals surface area contributed by atoms with Gasteiger partial charge in [0.1, 0.15) is 6.17 Å². The van der Waals surface area contributed by atoms with Crippen LogP contribution in [0, 0.1) is 0 Å². The van der Waals surface area contributed by atoms with Crippen LogP contribution in [0.1, 0.15) is 37.1 Å². The van der Waals surface area contributed by atoms with Crippen LogP contribution in [0.4, 0.5) is 4.39 Å². The molecule has 3 heteroatoms. The number of alkyl halides is 1. The van der Waals surface area contributed by atoms with E-state index in [4.69, 9.17) is 5.11 Å². The van der Waals surface area contributed by atoms with Gasteiger partial charge in [-0.3, -0.25) is 4.79 Å². The topological polar surface area (TPSA) is 37.3 Å². The average molecular weight is 196 g/mol. The van der Waals surface area contributed by atoms with E-state index in [9.17, 15) is 9.18 Å². The molecule has 2 nitrogen and oxygen atoms in total. The zero-order valence-corrected chi connectivity index (χ0v) is 8.20. The maximum Gasteiger partial charge on any atom is 0.310 e. The van der Waals surface area contributed by atoms with Crippen molar-refractivity contribution in [3.8, 4) is 0 Å². The van der Waals surface area contributed by atoms with Crippen molar-refractivity contribution < 1.29 is 14.3 Å². The fraction of sp³-hybridized carbons (Fsp3) is 0.364. The van der Waals surface area contributed by atoms with Gasteiger partial charge >= 0.3 is 5.97 Å². The zero-order chi connectivity index (χ0) is 10.7. The van der Waals surface area contributed by atoms with Crippen molar-refractivity contribution in [2.45, 2.75) is 25.9 Å². The highest BCUT2D eigenvalue weighted by Gasteiger charge is 2.13. The third kappa shape index (κ3) is 2.31. The van der Waals surface area contributed by atoms with Crippen LogP contribution in [0.5, 0.6) is 0 Å². The number of halogens is 1. The van der Waals surface area contributed by atoms with E-state index in [-0.39, 0.29) is 0 Å². The van der Waals surface area contributed by atoms with Gasteiger partial charge in [-0.2, -0.15) is 0 Å². The van der Waals surface area contributed by atoms with E-state index in [1.165, 1.54) is 6.92 Å². The molecule has 0 heterocycles. The second-order valence-corrected chi connectivity index (χ2v) is 3.34. The van der Waals surface area contributed by atoms with Gasteiger partial charge in [-0.05, 0) is 25.0 Å². The fourth-order valence-electron chi connectivity index (χ4n) is 1.19. The summed E-state index contributed by atoms with van der Waals surface area (Å²) in [6.07, 6.45) is -1.01. The Morgan fingerprint density at radius 1 is 1.21 bits per heavy atom. The maximum atomic E-state index is 12.8. The molecule has 1 aromatic carbocycles. The maximum absolute atomic E-state index is 12.8. The molecule has 0 aliphatic rings. The lowest BCUT2D eigenvalue weighted by atomic mass is 9.99. The Labute approximate surface area is 82.4 Å². The molecule has 0 spiro atoms. The first-order valence-corrected chi connectivity index (χ1v) is 4.49. The van der Waals surface area contributed by atoms with E-state index in [1.807, 2.05) is 0 Å². The molecule has 0 aliphatic carbocycles. The Balaban J connectivity index is 2.88.